The minimum atomic E-state index is -1.10. The number of thiol groups is 1. The predicted molar refractivity (Wildman–Crippen MR) is 150 cm³/mol. The summed E-state index contributed by atoms with van der Waals surface area (Å²) in [5, 5.41) is 26.0. The fourth-order valence-electron chi connectivity index (χ4n) is 4.59. The maximum Gasteiger partial charge on any atom is 0.342 e. The van der Waals surface area contributed by atoms with E-state index in [1.807, 2.05) is 25.1 Å². The number of carboxylic acids is 1. The predicted octanol–water partition coefficient (Wildman–Crippen LogP) is 3.61. The molecule has 10 nitrogen and oxygen atoms in total. The molecule has 1 aromatic heterocycles. The summed E-state index contributed by atoms with van der Waals surface area (Å²) in [6, 6.07) is 12.1. The summed E-state index contributed by atoms with van der Waals surface area (Å²) in [6.45, 7) is 6.03. The molecule has 2 aliphatic rings. The topological polar surface area (TPSA) is 130 Å². The molecule has 0 aliphatic carbocycles. The third kappa shape index (κ3) is 6.21. The van der Waals surface area contributed by atoms with Crippen molar-refractivity contribution >= 4 is 39.6 Å². The number of anilines is 3. The minimum Gasteiger partial charge on any atom is -0.477 e. The van der Waals surface area contributed by atoms with Crippen LogP contribution < -0.4 is 15.5 Å². The molecule has 0 spiro atoms. The zero-order valence-electron chi connectivity index (χ0n) is 21.7. The zero-order valence-corrected chi connectivity index (χ0v) is 22.6. The number of carbonyl (C=O) groups is 1. The monoisotopic (exact) mass is 522 g/mol. The molecule has 1 fully saturated rings. The molecule has 3 heterocycles. The van der Waals surface area contributed by atoms with Gasteiger partial charge in [0, 0.05) is 31.7 Å². The number of nitriles is 1. The maximum absolute atomic E-state index is 11.8. The molecule has 11 heteroatoms. The normalized spacial score (nSPS) is 19.1. The highest BCUT2D eigenvalue weighted by atomic mass is 32.2. The second kappa shape index (κ2) is 11.6. The molecule has 2 aromatic rings. The van der Waals surface area contributed by atoms with Gasteiger partial charge in [-0.05, 0) is 57.3 Å². The Balaban J connectivity index is 1.57. The lowest BCUT2D eigenvalue weighted by atomic mass is 10.0. The van der Waals surface area contributed by atoms with Crippen molar-refractivity contribution in [3.8, 4) is 6.07 Å². The summed E-state index contributed by atoms with van der Waals surface area (Å²) in [7, 11) is 3.14. The van der Waals surface area contributed by atoms with Crippen LogP contribution in [0.15, 0.2) is 45.9 Å². The number of aliphatic carboxylic acids is 1. The van der Waals surface area contributed by atoms with E-state index in [0.717, 1.165) is 37.3 Å². The summed E-state index contributed by atoms with van der Waals surface area (Å²) in [4.78, 5) is 30.8. The van der Waals surface area contributed by atoms with Gasteiger partial charge in [0.2, 0.25) is 5.95 Å². The van der Waals surface area contributed by atoms with E-state index >= 15 is 0 Å². The third-order valence-electron chi connectivity index (χ3n) is 6.67. The Morgan fingerprint density at radius 1 is 1.24 bits per heavy atom. The van der Waals surface area contributed by atoms with Crippen molar-refractivity contribution in [3.05, 3.63) is 52.1 Å². The van der Waals surface area contributed by atoms with Gasteiger partial charge in [-0.2, -0.15) is 26.1 Å². The highest BCUT2D eigenvalue weighted by molar-refractivity contribution is 8.34. The number of rotatable bonds is 8. The number of aromatic nitrogens is 2. The molecule has 196 valence electrons. The fraction of sp³-hybridized carbons (Fsp3) is 0.423. The average molecular weight is 523 g/mol. The zero-order chi connectivity index (χ0) is 26.5. The first kappa shape index (κ1) is 26.4. The highest BCUT2D eigenvalue weighted by Gasteiger charge is 2.29. The maximum atomic E-state index is 11.8. The largest absolute Gasteiger partial charge is 0.477 e. The smallest absolute Gasteiger partial charge is 0.342 e. The van der Waals surface area contributed by atoms with E-state index in [4.69, 9.17) is 15.2 Å². The molecule has 3 N–H and O–H groups in total. The molecule has 0 saturated carbocycles. The van der Waals surface area contributed by atoms with Crippen LogP contribution in [0, 0.1) is 11.3 Å². The summed E-state index contributed by atoms with van der Waals surface area (Å²) < 4.78 is 0. The molecule has 1 aromatic carbocycles. The second-order valence-electron chi connectivity index (χ2n) is 9.32. The van der Waals surface area contributed by atoms with Crippen LogP contribution in [0.2, 0.25) is 0 Å². The number of carboxylic acid groups (broad SMARTS) is 1. The van der Waals surface area contributed by atoms with Gasteiger partial charge in [-0.1, -0.05) is 19.1 Å². The van der Waals surface area contributed by atoms with Crippen molar-refractivity contribution in [1.29, 1.82) is 5.26 Å². The van der Waals surface area contributed by atoms with Gasteiger partial charge < -0.3 is 25.5 Å². The lowest BCUT2D eigenvalue weighted by Crippen LogP contribution is -2.42. The first-order valence-electron chi connectivity index (χ1n) is 12.4. The standard InChI is InChI=1S/C26H34N8O2S/c1-5-37-23(24(35)36)17(2)29-26(37)32-25-30-21(28-16-19-8-6-18(15-27)7-9-19)14-22(31-25)34-12-10-20(11-13-34)33(3)4/h6-9,14,20,37H,5,10-13,16H2,1-4H3,(H,35,36)(H2,28,29,30,31,32). The summed E-state index contributed by atoms with van der Waals surface area (Å²) in [5.74, 6) is 1.62. The molecule has 1 unspecified atom stereocenters. The molecule has 1 saturated heterocycles. The summed E-state index contributed by atoms with van der Waals surface area (Å²) >= 11 is 0. The molecule has 0 bridgehead atoms. The van der Waals surface area contributed by atoms with Gasteiger partial charge in [-0.15, -0.1) is 0 Å². The van der Waals surface area contributed by atoms with Crippen LogP contribution in [0.1, 0.15) is 37.8 Å². The van der Waals surface area contributed by atoms with Crippen molar-refractivity contribution < 1.29 is 9.90 Å². The van der Waals surface area contributed by atoms with E-state index in [-0.39, 0.29) is 0 Å². The van der Waals surface area contributed by atoms with Crippen molar-refractivity contribution in [2.24, 2.45) is 4.99 Å². The number of allylic oxidation sites excluding steroid dienone is 1. The lowest BCUT2D eigenvalue weighted by molar-refractivity contribution is -0.131. The van der Waals surface area contributed by atoms with E-state index < -0.39 is 16.9 Å². The summed E-state index contributed by atoms with van der Waals surface area (Å²) in [5.41, 5.74) is 2.18. The van der Waals surface area contributed by atoms with Crippen LogP contribution in [0.4, 0.5) is 17.6 Å². The van der Waals surface area contributed by atoms with Gasteiger partial charge in [0.15, 0.2) is 5.17 Å². The van der Waals surface area contributed by atoms with Crippen LogP contribution in [0.25, 0.3) is 0 Å². The molecular formula is C26H34N8O2S. The third-order valence-corrected chi connectivity index (χ3v) is 9.08. The van der Waals surface area contributed by atoms with Gasteiger partial charge in [0.1, 0.15) is 16.5 Å². The SMILES string of the molecule is CC[SH]1C(Nc2nc(NCc3ccc(C#N)cc3)cc(N3CCC(N(C)C)CC3)n2)=NC(C)=C1C(=O)O. The van der Waals surface area contributed by atoms with Crippen LogP contribution in [-0.4, -0.2) is 70.1 Å². The van der Waals surface area contributed by atoms with Crippen LogP contribution in [0.5, 0.6) is 0 Å². The number of hydrogen-bond acceptors (Lipinski definition) is 9. The summed E-state index contributed by atoms with van der Waals surface area (Å²) in [6.07, 6.45) is 2.10. The van der Waals surface area contributed by atoms with E-state index in [1.165, 1.54) is 0 Å². The Bertz CT molecular complexity index is 1240. The van der Waals surface area contributed by atoms with Gasteiger partial charge >= 0.3 is 5.97 Å². The van der Waals surface area contributed by atoms with Crippen molar-refractivity contribution in [3.63, 3.8) is 0 Å². The van der Waals surface area contributed by atoms with Crippen LogP contribution in [0.3, 0.4) is 0 Å². The first-order chi connectivity index (χ1) is 17.8. The number of piperidine rings is 1. The highest BCUT2D eigenvalue weighted by Crippen LogP contribution is 2.44. The van der Waals surface area contributed by atoms with E-state index in [9.17, 15) is 9.90 Å². The van der Waals surface area contributed by atoms with Crippen molar-refractivity contribution in [2.45, 2.75) is 39.3 Å². The Morgan fingerprint density at radius 3 is 2.54 bits per heavy atom. The molecule has 0 amide bonds. The van der Waals surface area contributed by atoms with E-state index in [0.29, 0.717) is 51.4 Å². The van der Waals surface area contributed by atoms with Gasteiger partial charge in [0.25, 0.3) is 0 Å². The number of nitrogens with one attached hydrogen (secondary N) is 2. The minimum absolute atomic E-state index is 0.376. The van der Waals surface area contributed by atoms with Gasteiger partial charge in [-0.25, -0.2) is 9.79 Å². The molecule has 37 heavy (non-hydrogen) atoms. The van der Waals surface area contributed by atoms with E-state index in [1.54, 1.807) is 19.1 Å². The van der Waals surface area contributed by atoms with Gasteiger partial charge in [0.05, 0.1) is 17.3 Å². The number of nitrogens with zero attached hydrogens (tertiary/aromatic N) is 6. The van der Waals surface area contributed by atoms with E-state index in [2.05, 4.69) is 45.6 Å². The molecular weight excluding hydrogens is 488 g/mol. The average Bonchev–Trinajstić information content (AvgIpc) is 3.22. The molecule has 1 atom stereocenters. The number of hydrogen-bond donors (Lipinski definition) is 4. The number of benzene rings is 1. The Kier molecular flexibility index (Phi) is 8.31. The fourth-order valence-corrected chi connectivity index (χ4v) is 6.60. The molecule has 4 rings (SSSR count). The molecule has 2 aliphatic heterocycles. The van der Waals surface area contributed by atoms with Crippen molar-refractivity contribution in [1.82, 2.24) is 14.9 Å². The van der Waals surface area contributed by atoms with Gasteiger partial charge in [-0.3, -0.25) is 0 Å². The molecule has 0 radical (unpaired) electrons. The Morgan fingerprint density at radius 2 is 1.95 bits per heavy atom. The first-order valence-corrected chi connectivity index (χ1v) is 13.9. The van der Waals surface area contributed by atoms with Crippen LogP contribution >= 0.6 is 10.9 Å². The Hall–Kier alpha value is -3.62. The number of aliphatic imine (C=N–C) groups is 1. The quantitative estimate of drug-likeness (QED) is 0.384. The van der Waals surface area contributed by atoms with Crippen LogP contribution in [-0.2, 0) is 11.3 Å². The second-order valence-corrected chi connectivity index (χ2v) is 11.7. The lowest BCUT2D eigenvalue weighted by Gasteiger charge is -2.36. The van der Waals surface area contributed by atoms with Crippen molar-refractivity contribution in [2.75, 3.05) is 48.5 Å². The number of amidine groups is 1. The Labute approximate surface area is 220 Å².